The third-order valence-corrected chi connectivity index (χ3v) is 3.32. The van der Waals surface area contributed by atoms with Crippen LogP contribution in [0.25, 0.3) is 0 Å². The molecule has 102 valence electrons. The van der Waals surface area contributed by atoms with Crippen molar-refractivity contribution in [2.24, 2.45) is 0 Å². The fourth-order valence-electron chi connectivity index (χ4n) is 2.35. The third-order valence-electron chi connectivity index (χ3n) is 3.32. The number of aliphatic hydroxyl groups excluding tert-OH is 1. The van der Waals surface area contributed by atoms with E-state index < -0.39 is 0 Å². The summed E-state index contributed by atoms with van der Waals surface area (Å²) >= 11 is 0. The molecule has 0 unspecified atom stereocenters. The highest BCUT2D eigenvalue weighted by atomic mass is 16.3. The number of aliphatic hydroxyl groups is 1. The van der Waals surface area contributed by atoms with Crippen LogP contribution >= 0.6 is 0 Å². The minimum atomic E-state index is -0.0533. The van der Waals surface area contributed by atoms with E-state index in [1.807, 2.05) is 24.1 Å². The van der Waals surface area contributed by atoms with Crippen LogP contribution in [0.5, 0.6) is 0 Å². The van der Waals surface area contributed by atoms with Crippen molar-refractivity contribution >= 4 is 11.4 Å². The Bertz CT molecular complexity index is 651. The second-order valence-electron chi connectivity index (χ2n) is 5.03. The van der Waals surface area contributed by atoms with Crippen LogP contribution in [-0.2, 0) is 6.61 Å². The molecule has 20 heavy (non-hydrogen) atoms. The maximum Gasteiger partial charge on any atom is 0.101 e. The van der Waals surface area contributed by atoms with Gasteiger partial charge in [0.1, 0.15) is 6.07 Å². The van der Waals surface area contributed by atoms with Gasteiger partial charge in [-0.25, -0.2) is 0 Å². The molecule has 2 aromatic carbocycles. The van der Waals surface area contributed by atoms with E-state index in [1.54, 1.807) is 6.07 Å². The standard InChI is InChI=1S/C17H18N2O/c1-12-6-13(2)8-16(7-12)19(3)17-5-4-14(11-20)9-15(17)10-18/h4-9,20H,11H2,1-3H3. The van der Waals surface area contributed by atoms with Crippen molar-refractivity contribution in [3.63, 3.8) is 0 Å². The van der Waals surface area contributed by atoms with E-state index in [4.69, 9.17) is 5.11 Å². The molecule has 2 rings (SSSR count). The van der Waals surface area contributed by atoms with Gasteiger partial charge in [-0.3, -0.25) is 0 Å². The molecular formula is C17H18N2O. The second-order valence-corrected chi connectivity index (χ2v) is 5.03. The summed E-state index contributed by atoms with van der Waals surface area (Å²) < 4.78 is 0. The first-order valence-electron chi connectivity index (χ1n) is 6.51. The molecule has 0 aromatic heterocycles. The minimum absolute atomic E-state index is 0.0533. The summed E-state index contributed by atoms with van der Waals surface area (Å²) in [4.78, 5) is 2.00. The molecule has 3 nitrogen and oxygen atoms in total. The normalized spacial score (nSPS) is 10.2. The molecule has 2 aromatic rings. The molecular weight excluding hydrogens is 248 g/mol. The molecule has 0 amide bonds. The molecule has 0 radical (unpaired) electrons. The second kappa shape index (κ2) is 5.77. The van der Waals surface area contributed by atoms with Gasteiger partial charge >= 0.3 is 0 Å². The Morgan fingerprint density at radius 2 is 1.75 bits per heavy atom. The van der Waals surface area contributed by atoms with Crippen LogP contribution in [-0.4, -0.2) is 12.2 Å². The SMILES string of the molecule is Cc1cc(C)cc(N(C)c2ccc(CO)cc2C#N)c1. The molecule has 0 saturated heterocycles. The molecule has 0 heterocycles. The van der Waals surface area contributed by atoms with Gasteiger partial charge in [-0.15, -0.1) is 0 Å². The summed E-state index contributed by atoms with van der Waals surface area (Å²) in [5.41, 5.74) is 5.59. The zero-order valence-electron chi connectivity index (χ0n) is 12.0. The lowest BCUT2D eigenvalue weighted by molar-refractivity contribution is 0.282. The Kier molecular flexibility index (Phi) is 4.07. The summed E-state index contributed by atoms with van der Waals surface area (Å²) in [6.07, 6.45) is 0. The van der Waals surface area contributed by atoms with Gasteiger partial charge in [0, 0.05) is 12.7 Å². The van der Waals surface area contributed by atoms with Crippen LogP contribution in [0.2, 0.25) is 0 Å². The number of nitrogens with zero attached hydrogens (tertiary/aromatic N) is 2. The highest BCUT2D eigenvalue weighted by Crippen LogP contribution is 2.29. The lowest BCUT2D eigenvalue weighted by atomic mass is 10.1. The van der Waals surface area contributed by atoms with E-state index >= 15 is 0 Å². The van der Waals surface area contributed by atoms with Crippen LogP contribution in [0.15, 0.2) is 36.4 Å². The Balaban J connectivity index is 2.47. The summed E-state index contributed by atoms with van der Waals surface area (Å²) in [5, 5.41) is 18.4. The van der Waals surface area contributed by atoms with Gasteiger partial charge in [0.05, 0.1) is 17.9 Å². The molecule has 1 N–H and O–H groups in total. The van der Waals surface area contributed by atoms with Gasteiger partial charge in [-0.1, -0.05) is 12.1 Å². The van der Waals surface area contributed by atoms with Gasteiger partial charge < -0.3 is 10.0 Å². The number of rotatable bonds is 3. The van der Waals surface area contributed by atoms with Crippen molar-refractivity contribution in [3.8, 4) is 6.07 Å². The summed E-state index contributed by atoms with van der Waals surface area (Å²) in [6, 6.07) is 14.0. The van der Waals surface area contributed by atoms with Gasteiger partial charge in [0.15, 0.2) is 0 Å². The van der Waals surface area contributed by atoms with E-state index in [0.29, 0.717) is 5.56 Å². The van der Waals surface area contributed by atoms with Crippen LogP contribution < -0.4 is 4.90 Å². The fourth-order valence-corrected chi connectivity index (χ4v) is 2.35. The minimum Gasteiger partial charge on any atom is -0.392 e. The quantitative estimate of drug-likeness (QED) is 0.925. The first-order chi connectivity index (χ1) is 9.55. The van der Waals surface area contributed by atoms with Gasteiger partial charge in [0.2, 0.25) is 0 Å². The number of anilines is 2. The number of benzene rings is 2. The van der Waals surface area contributed by atoms with Crippen LogP contribution in [0, 0.1) is 25.2 Å². The molecule has 0 aliphatic rings. The molecule has 0 aliphatic carbocycles. The monoisotopic (exact) mass is 266 g/mol. The highest BCUT2D eigenvalue weighted by molar-refractivity contribution is 5.70. The van der Waals surface area contributed by atoms with Crippen molar-refractivity contribution < 1.29 is 5.11 Å². The van der Waals surface area contributed by atoms with Crippen molar-refractivity contribution in [2.75, 3.05) is 11.9 Å². The first-order valence-corrected chi connectivity index (χ1v) is 6.51. The maximum absolute atomic E-state index is 9.29. The first kappa shape index (κ1) is 14.1. The fraction of sp³-hybridized carbons (Fsp3) is 0.235. The van der Waals surface area contributed by atoms with Crippen molar-refractivity contribution in [3.05, 3.63) is 58.7 Å². The van der Waals surface area contributed by atoms with E-state index in [9.17, 15) is 5.26 Å². The summed E-state index contributed by atoms with van der Waals surface area (Å²) in [7, 11) is 1.95. The van der Waals surface area contributed by atoms with E-state index in [2.05, 4.69) is 38.1 Å². The Labute approximate surface area is 119 Å². The lowest BCUT2D eigenvalue weighted by Gasteiger charge is -2.22. The van der Waals surface area contributed by atoms with Gasteiger partial charge in [-0.05, 0) is 54.8 Å². The highest BCUT2D eigenvalue weighted by Gasteiger charge is 2.10. The van der Waals surface area contributed by atoms with Crippen molar-refractivity contribution in [1.82, 2.24) is 0 Å². The van der Waals surface area contributed by atoms with Crippen molar-refractivity contribution in [1.29, 1.82) is 5.26 Å². The predicted molar refractivity (Wildman–Crippen MR) is 81.1 cm³/mol. The van der Waals surface area contributed by atoms with Crippen LogP contribution in [0.1, 0.15) is 22.3 Å². The molecule has 0 saturated carbocycles. The molecule has 0 aliphatic heterocycles. The molecule has 0 spiro atoms. The third kappa shape index (κ3) is 2.81. The average Bonchev–Trinajstić information content (AvgIpc) is 2.44. The molecule has 0 bridgehead atoms. The number of nitriles is 1. The number of hydrogen-bond donors (Lipinski definition) is 1. The van der Waals surface area contributed by atoms with E-state index in [0.717, 1.165) is 16.9 Å². The largest absolute Gasteiger partial charge is 0.392 e. The number of aryl methyl sites for hydroxylation is 2. The molecule has 0 atom stereocenters. The molecule has 0 fully saturated rings. The Morgan fingerprint density at radius 1 is 1.10 bits per heavy atom. The Morgan fingerprint density at radius 3 is 2.30 bits per heavy atom. The van der Waals surface area contributed by atoms with E-state index in [1.165, 1.54) is 11.1 Å². The topological polar surface area (TPSA) is 47.3 Å². The maximum atomic E-state index is 9.29. The van der Waals surface area contributed by atoms with Gasteiger partial charge in [0.25, 0.3) is 0 Å². The smallest absolute Gasteiger partial charge is 0.101 e. The predicted octanol–water partition coefficient (Wildman–Crippen LogP) is 3.44. The van der Waals surface area contributed by atoms with Gasteiger partial charge in [-0.2, -0.15) is 5.26 Å². The lowest BCUT2D eigenvalue weighted by Crippen LogP contribution is -2.11. The average molecular weight is 266 g/mol. The summed E-state index contributed by atoms with van der Waals surface area (Å²) in [6.45, 7) is 4.07. The van der Waals surface area contributed by atoms with E-state index in [-0.39, 0.29) is 6.61 Å². The van der Waals surface area contributed by atoms with Crippen LogP contribution in [0.4, 0.5) is 11.4 Å². The van der Waals surface area contributed by atoms with Crippen molar-refractivity contribution in [2.45, 2.75) is 20.5 Å². The zero-order chi connectivity index (χ0) is 14.7. The number of hydrogen-bond acceptors (Lipinski definition) is 3. The zero-order valence-corrected chi connectivity index (χ0v) is 12.0. The Hall–Kier alpha value is -2.31. The molecule has 3 heteroatoms. The van der Waals surface area contributed by atoms with Crippen LogP contribution in [0.3, 0.4) is 0 Å². The summed E-state index contributed by atoms with van der Waals surface area (Å²) in [5.74, 6) is 0.